The first-order valence-corrected chi connectivity index (χ1v) is 7.51. The molecule has 1 saturated heterocycles. The van der Waals surface area contributed by atoms with Crippen molar-refractivity contribution >= 4 is 40.7 Å². The number of nitro groups is 1. The zero-order chi connectivity index (χ0) is 18.6. The Morgan fingerprint density at radius 3 is 2.84 bits per heavy atom. The van der Waals surface area contributed by atoms with Crippen molar-refractivity contribution in [2.75, 3.05) is 7.11 Å². The number of nitrogens with zero attached hydrogens (tertiary/aromatic N) is 3. The molecular formula is C14H12N4O6S. The van der Waals surface area contributed by atoms with Crippen LogP contribution in [0, 0.1) is 17.0 Å². The highest BCUT2D eigenvalue weighted by atomic mass is 32.2. The quantitative estimate of drug-likeness (QED) is 0.269. The Hall–Kier alpha value is -3.21. The SMILES string of the molecule is COC(=O)/C=C1/S/C(=N\N=Cc2cc([N+](=O)[O-])cc(C)c2O)NC1=O. The summed E-state index contributed by atoms with van der Waals surface area (Å²) in [6.45, 7) is 1.52. The van der Waals surface area contributed by atoms with Gasteiger partial charge in [0, 0.05) is 23.8 Å². The fourth-order valence-corrected chi connectivity index (χ4v) is 2.51. The average molecular weight is 364 g/mol. The maximum Gasteiger partial charge on any atom is 0.331 e. The fraction of sp³-hybridized carbons (Fsp3) is 0.143. The second-order valence-electron chi connectivity index (χ2n) is 4.70. The monoisotopic (exact) mass is 364 g/mol. The third kappa shape index (κ3) is 4.41. The van der Waals surface area contributed by atoms with E-state index in [9.17, 15) is 24.8 Å². The first-order valence-electron chi connectivity index (χ1n) is 6.69. The van der Waals surface area contributed by atoms with Crippen LogP contribution in [-0.2, 0) is 14.3 Å². The number of amides is 1. The smallest absolute Gasteiger partial charge is 0.331 e. The van der Waals surface area contributed by atoms with E-state index < -0.39 is 16.8 Å². The number of phenolic OH excluding ortho intramolecular Hbond substituents is 1. The molecule has 2 rings (SSSR count). The predicted octanol–water partition coefficient (Wildman–Crippen LogP) is 1.22. The van der Waals surface area contributed by atoms with Crippen LogP contribution in [0.2, 0.25) is 0 Å². The highest BCUT2D eigenvalue weighted by Crippen LogP contribution is 2.27. The fourth-order valence-electron chi connectivity index (χ4n) is 1.78. The number of aromatic hydroxyl groups is 1. The summed E-state index contributed by atoms with van der Waals surface area (Å²) < 4.78 is 4.43. The lowest BCUT2D eigenvalue weighted by Crippen LogP contribution is -2.19. The van der Waals surface area contributed by atoms with Gasteiger partial charge in [0.1, 0.15) is 5.75 Å². The lowest BCUT2D eigenvalue weighted by molar-refractivity contribution is -0.384. The topological polar surface area (TPSA) is 143 Å². The summed E-state index contributed by atoms with van der Waals surface area (Å²) in [5.41, 5.74) is 0.224. The number of nitrogens with one attached hydrogen (secondary N) is 1. The summed E-state index contributed by atoms with van der Waals surface area (Å²) in [5, 5.41) is 30.7. The lowest BCUT2D eigenvalue weighted by atomic mass is 10.1. The molecule has 1 fully saturated rings. The number of esters is 1. The van der Waals surface area contributed by atoms with E-state index in [1.54, 1.807) is 0 Å². The van der Waals surface area contributed by atoms with Crippen molar-refractivity contribution in [2.24, 2.45) is 10.2 Å². The van der Waals surface area contributed by atoms with Gasteiger partial charge in [0.25, 0.3) is 11.6 Å². The number of benzene rings is 1. The Balaban J connectivity index is 2.20. The van der Waals surface area contributed by atoms with Gasteiger partial charge in [-0.1, -0.05) is 0 Å². The van der Waals surface area contributed by atoms with Gasteiger partial charge in [0.2, 0.25) is 0 Å². The minimum atomic E-state index is -0.681. The zero-order valence-corrected chi connectivity index (χ0v) is 13.9. The van der Waals surface area contributed by atoms with Gasteiger partial charge in [0.05, 0.1) is 23.2 Å². The number of carbonyl (C=O) groups excluding carboxylic acids is 2. The van der Waals surface area contributed by atoms with Crippen molar-refractivity contribution in [3.8, 4) is 5.75 Å². The molecule has 0 radical (unpaired) electrons. The molecule has 1 aliphatic rings. The van der Waals surface area contributed by atoms with Crippen LogP contribution in [0.5, 0.6) is 5.75 Å². The van der Waals surface area contributed by atoms with E-state index in [0.29, 0.717) is 5.56 Å². The van der Waals surface area contributed by atoms with Crippen LogP contribution in [-0.4, -0.2) is 40.4 Å². The third-order valence-corrected chi connectivity index (χ3v) is 3.87. The van der Waals surface area contributed by atoms with Crippen molar-refractivity contribution in [1.82, 2.24) is 5.32 Å². The molecule has 0 atom stereocenters. The molecule has 0 saturated carbocycles. The van der Waals surface area contributed by atoms with E-state index in [-0.39, 0.29) is 27.1 Å². The molecule has 1 amide bonds. The second-order valence-corrected chi connectivity index (χ2v) is 5.73. The van der Waals surface area contributed by atoms with Gasteiger partial charge in [-0.3, -0.25) is 20.2 Å². The number of aryl methyl sites for hydroxylation is 1. The average Bonchev–Trinajstić information content (AvgIpc) is 2.90. The lowest BCUT2D eigenvalue weighted by Gasteiger charge is -2.02. The van der Waals surface area contributed by atoms with Crippen molar-refractivity contribution in [3.63, 3.8) is 0 Å². The molecule has 0 aromatic heterocycles. The minimum Gasteiger partial charge on any atom is -0.507 e. The van der Waals surface area contributed by atoms with Crippen molar-refractivity contribution in [1.29, 1.82) is 0 Å². The maximum absolute atomic E-state index is 11.6. The molecule has 0 bridgehead atoms. The molecule has 1 aromatic carbocycles. The highest BCUT2D eigenvalue weighted by Gasteiger charge is 2.25. The minimum absolute atomic E-state index is 0.0924. The van der Waals surface area contributed by atoms with Gasteiger partial charge in [-0.15, -0.1) is 5.10 Å². The number of non-ortho nitro benzene ring substituents is 1. The van der Waals surface area contributed by atoms with Gasteiger partial charge in [-0.2, -0.15) is 5.10 Å². The first kappa shape index (κ1) is 18.1. The number of ether oxygens (including phenoxy) is 1. The summed E-state index contributed by atoms with van der Waals surface area (Å²) in [6, 6.07) is 2.38. The van der Waals surface area contributed by atoms with E-state index in [4.69, 9.17) is 0 Å². The van der Waals surface area contributed by atoms with Crippen molar-refractivity contribution in [2.45, 2.75) is 6.92 Å². The van der Waals surface area contributed by atoms with Crippen LogP contribution in [0.25, 0.3) is 0 Å². The van der Waals surface area contributed by atoms with Gasteiger partial charge in [0.15, 0.2) is 5.17 Å². The number of nitro benzene ring substituents is 1. The van der Waals surface area contributed by atoms with Crippen molar-refractivity contribution in [3.05, 3.63) is 44.4 Å². The summed E-state index contributed by atoms with van der Waals surface area (Å²) in [6.07, 6.45) is 2.14. The maximum atomic E-state index is 11.6. The molecule has 2 N–H and O–H groups in total. The largest absolute Gasteiger partial charge is 0.507 e. The number of rotatable bonds is 4. The Labute approximate surface area is 145 Å². The zero-order valence-electron chi connectivity index (χ0n) is 13.0. The van der Waals surface area contributed by atoms with E-state index in [1.165, 1.54) is 20.1 Å². The number of thioether (sulfide) groups is 1. The molecular weight excluding hydrogens is 352 g/mol. The van der Waals surface area contributed by atoms with Gasteiger partial charge < -0.3 is 9.84 Å². The molecule has 130 valence electrons. The molecule has 0 spiro atoms. The van der Waals surface area contributed by atoms with E-state index in [2.05, 4.69) is 20.3 Å². The number of hydrogen-bond acceptors (Lipinski definition) is 9. The summed E-state index contributed by atoms with van der Waals surface area (Å²) in [4.78, 5) is 33.1. The molecule has 0 unspecified atom stereocenters. The van der Waals surface area contributed by atoms with E-state index >= 15 is 0 Å². The van der Waals surface area contributed by atoms with E-state index in [1.807, 2.05) is 0 Å². The normalized spacial score (nSPS) is 17.3. The summed E-state index contributed by atoms with van der Waals surface area (Å²) in [7, 11) is 1.18. The van der Waals surface area contributed by atoms with Crippen LogP contribution in [0.3, 0.4) is 0 Å². The molecule has 1 heterocycles. The van der Waals surface area contributed by atoms with Gasteiger partial charge >= 0.3 is 5.97 Å². The first-order chi connectivity index (χ1) is 11.8. The number of amidine groups is 1. The molecule has 10 nitrogen and oxygen atoms in total. The van der Waals surface area contributed by atoms with Crippen LogP contribution in [0.4, 0.5) is 5.69 Å². The highest BCUT2D eigenvalue weighted by molar-refractivity contribution is 8.18. The molecule has 1 aromatic rings. The third-order valence-electron chi connectivity index (χ3n) is 2.97. The van der Waals surface area contributed by atoms with Crippen LogP contribution in [0.15, 0.2) is 33.3 Å². The van der Waals surface area contributed by atoms with Crippen LogP contribution < -0.4 is 5.32 Å². The van der Waals surface area contributed by atoms with Crippen LogP contribution >= 0.6 is 11.8 Å². The molecule has 11 heteroatoms. The Kier molecular flexibility index (Phi) is 5.49. The second kappa shape index (κ2) is 7.57. The summed E-state index contributed by atoms with van der Waals surface area (Å²) in [5.74, 6) is -1.37. The van der Waals surface area contributed by atoms with Gasteiger partial charge in [-0.25, -0.2) is 4.79 Å². The number of phenols is 1. The van der Waals surface area contributed by atoms with E-state index in [0.717, 1.165) is 30.1 Å². The Morgan fingerprint density at radius 2 is 2.20 bits per heavy atom. The molecule has 1 aliphatic heterocycles. The molecule has 0 aliphatic carbocycles. The van der Waals surface area contributed by atoms with Crippen LogP contribution in [0.1, 0.15) is 11.1 Å². The number of carbonyl (C=O) groups is 2. The van der Waals surface area contributed by atoms with Crippen molar-refractivity contribution < 1.29 is 24.4 Å². The standard InChI is InChI=1S/C14H12N4O6S/c1-7-3-9(18(22)23)4-8(12(7)20)6-15-17-14-16-13(21)10(25-14)5-11(19)24-2/h3-6,20H,1-2H3,(H,16,17,21)/b10-5+,15-6?. The predicted molar refractivity (Wildman–Crippen MR) is 90.4 cm³/mol. The van der Waals surface area contributed by atoms with Gasteiger partial charge in [-0.05, 0) is 24.2 Å². The summed E-state index contributed by atoms with van der Waals surface area (Å²) >= 11 is 0.878. The molecule has 25 heavy (non-hydrogen) atoms. The Morgan fingerprint density at radius 1 is 1.48 bits per heavy atom. The number of methoxy groups -OCH3 is 1. The number of hydrogen-bond donors (Lipinski definition) is 2. The Bertz CT molecular complexity index is 846.